The topological polar surface area (TPSA) is 69.7 Å². The summed E-state index contributed by atoms with van der Waals surface area (Å²) in [5.74, 6) is -0.339. The summed E-state index contributed by atoms with van der Waals surface area (Å²) in [5, 5.41) is 2.73. The molecule has 1 fully saturated rings. The minimum atomic E-state index is -0.215. The first-order valence-corrected chi connectivity index (χ1v) is 6.84. The van der Waals surface area contributed by atoms with Crippen molar-refractivity contribution >= 4 is 17.7 Å². The van der Waals surface area contributed by atoms with E-state index in [2.05, 4.69) is 5.32 Å². The van der Waals surface area contributed by atoms with E-state index in [9.17, 15) is 14.4 Å². The highest BCUT2D eigenvalue weighted by Crippen LogP contribution is 2.04. The SMILES string of the molecule is CCCCNC(=O)CC(=O)N1CCN(C(C)=O)CC1. The zero-order valence-electron chi connectivity index (χ0n) is 11.8. The van der Waals surface area contributed by atoms with E-state index in [0.29, 0.717) is 32.7 Å². The summed E-state index contributed by atoms with van der Waals surface area (Å²) in [4.78, 5) is 37.9. The van der Waals surface area contributed by atoms with E-state index in [1.807, 2.05) is 6.92 Å². The number of hydrogen-bond donors (Lipinski definition) is 1. The molecule has 3 amide bonds. The summed E-state index contributed by atoms with van der Waals surface area (Å²) in [6, 6.07) is 0. The van der Waals surface area contributed by atoms with Crippen LogP contribution in [0.2, 0.25) is 0 Å². The van der Waals surface area contributed by atoms with Gasteiger partial charge in [0.05, 0.1) is 0 Å². The van der Waals surface area contributed by atoms with E-state index >= 15 is 0 Å². The number of rotatable bonds is 5. The summed E-state index contributed by atoms with van der Waals surface area (Å²) in [6.07, 6.45) is 1.85. The lowest BCUT2D eigenvalue weighted by Crippen LogP contribution is -2.50. The molecular weight excluding hydrogens is 246 g/mol. The molecule has 1 heterocycles. The zero-order valence-corrected chi connectivity index (χ0v) is 11.8. The van der Waals surface area contributed by atoms with Gasteiger partial charge in [0.1, 0.15) is 6.42 Å². The Kier molecular flexibility index (Phi) is 6.32. The third-order valence-corrected chi connectivity index (χ3v) is 3.24. The number of piperazine rings is 1. The van der Waals surface area contributed by atoms with Gasteiger partial charge in [0, 0.05) is 39.6 Å². The average Bonchev–Trinajstić information content (AvgIpc) is 2.39. The van der Waals surface area contributed by atoms with Gasteiger partial charge in [-0.05, 0) is 6.42 Å². The summed E-state index contributed by atoms with van der Waals surface area (Å²) in [7, 11) is 0. The molecule has 1 rings (SSSR count). The van der Waals surface area contributed by atoms with Crippen molar-refractivity contribution in [3.63, 3.8) is 0 Å². The largest absolute Gasteiger partial charge is 0.356 e. The van der Waals surface area contributed by atoms with Crippen molar-refractivity contribution in [1.82, 2.24) is 15.1 Å². The average molecular weight is 269 g/mol. The van der Waals surface area contributed by atoms with E-state index in [1.165, 1.54) is 6.92 Å². The predicted octanol–water partition coefficient (Wildman–Crippen LogP) is -0.0165. The number of amides is 3. The Labute approximate surface area is 114 Å². The Balaban J connectivity index is 2.27. The van der Waals surface area contributed by atoms with E-state index < -0.39 is 0 Å². The Morgan fingerprint density at radius 2 is 1.63 bits per heavy atom. The van der Waals surface area contributed by atoms with Gasteiger partial charge in [-0.3, -0.25) is 14.4 Å². The predicted molar refractivity (Wildman–Crippen MR) is 71.4 cm³/mol. The van der Waals surface area contributed by atoms with Gasteiger partial charge in [-0.25, -0.2) is 0 Å². The van der Waals surface area contributed by atoms with Crippen LogP contribution < -0.4 is 5.32 Å². The van der Waals surface area contributed by atoms with E-state index in [4.69, 9.17) is 0 Å². The van der Waals surface area contributed by atoms with Crippen LogP contribution in [0.1, 0.15) is 33.1 Å². The lowest BCUT2D eigenvalue weighted by Gasteiger charge is -2.34. The van der Waals surface area contributed by atoms with Crippen molar-refractivity contribution < 1.29 is 14.4 Å². The number of nitrogens with zero attached hydrogens (tertiary/aromatic N) is 2. The third-order valence-electron chi connectivity index (χ3n) is 3.24. The fourth-order valence-electron chi connectivity index (χ4n) is 1.99. The molecule has 1 aliphatic heterocycles. The molecule has 19 heavy (non-hydrogen) atoms. The molecule has 6 nitrogen and oxygen atoms in total. The van der Waals surface area contributed by atoms with Crippen LogP contribution in [0, 0.1) is 0 Å². The van der Waals surface area contributed by atoms with Gasteiger partial charge in [0.2, 0.25) is 17.7 Å². The molecule has 108 valence electrons. The van der Waals surface area contributed by atoms with Crippen LogP contribution in [0.25, 0.3) is 0 Å². The number of carbonyl (C=O) groups is 3. The summed E-state index contributed by atoms with van der Waals surface area (Å²) in [6.45, 7) is 6.34. The summed E-state index contributed by atoms with van der Waals surface area (Å²) < 4.78 is 0. The Morgan fingerprint density at radius 1 is 1.05 bits per heavy atom. The minimum Gasteiger partial charge on any atom is -0.356 e. The normalized spacial score (nSPS) is 15.3. The van der Waals surface area contributed by atoms with Crippen LogP contribution in [-0.2, 0) is 14.4 Å². The number of unbranched alkanes of at least 4 members (excludes halogenated alkanes) is 1. The molecule has 6 heteroatoms. The second kappa shape index (κ2) is 7.76. The number of carbonyl (C=O) groups excluding carboxylic acids is 3. The third kappa shape index (κ3) is 5.28. The maximum Gasteiger partial charge on any atom is 0.232 e. The molecule has 1 saturated heterocycles. The standard InChI is InChI=1S/C13H23N3O3/c1-3-4-5-14-12(18)10-13(19)16-8-6-15(7-9-16)11(2)17/h3-10H2,1-2H3,(H,14,18). The quantitative estimate of drug-likeness (QED) is 0.563. The fourth-order valence-corrected chi connectivity index (χ4v) is 1.99. The van der Waals surface area contributed by atoms with Crippen molar-refractivity contribution in [2.45, 2.75) is 33.1 Å². The summed E-state index contributed by atoms with van der Waals surface area (Å²) in [5.41, 5.74) is 0. The van der Waals surface area contributed by atoms with Crippen molar-refractivity contribution in [3.05, 3.63) is 0 Å². The summed E-state index contributed by atoms with van der Waals surface area (Å²) >= 11 is 0. The molecule has 0 spiro atoms. The van der Waals surface area contributed by atoms with Gasteiger partial charge in [0.25, 0.3) is 0 Å². The first-order chi connectivity index (χ1) is 9.04. The van der Waals surface area contributed by atoms with Crippen LogP contribution in [0.15, 0.2) is 0 Å². The smallest absolute Gasteiger partial charge is 0.232 e. The molecular formula is C13H23N3O3. The number of hydrogen-bond acceptors (Lipinski definition) is 3. The van der Waals surface area contributed by atoms with Crippen molar-refractivity contribution in [3.8, 4) is 0 Å². The molecule has 1 N–H and O–H groups in total. The lowest BCUT2D eigenvalue weighted by atomic mass is 10.2. The molecule has 0 radical (unpaired) electrons. The lowest BCUT2D eigenvalue weighted by molar-refractivity contribution is -0.141. The van der Waals surface area contributed by atoms with E-state index in [0.717, 1.165) is 12.8 Å². The highest BCUT2D eigenvalue weighted by atomic mass is 16.2. The van der Waals surface area contributed by atoms with Crippen molar-refractivity contribution in [1.29, 1.82) is 0 Å². The molecule has 1 aliphatic rings. The highest BCUT2D eigenvalue weighted by molar-refractivity contribution is 5.96. The van der Waals surface area contributed by atoms with Crippen molar-refractivity contribution in [2.75, 3.05) is 32.7 Å². The molecule has 0 aliphatic carbocycles. The van der Waals surface area contributed by atoms with Gasteiger partial charge < -0.3 is 15.1 Å². The van der Waals surface area contributed by atoms with Crippen LogP contribution in [0.3, 0.4) is 0 Å². The minimum absolute atomic E-state index is 0.0319. The molecule has 0 atom stereocenters. The van der Waals surface area contributed by atoms with Crippen LogP contribution >= 0.6 is 0 Å². The van der Waals surface area contributed by atoms with Gasteiger partial charge >= 0.3 is 0 Å². The van der Waals surface area contributed by atoms with Crippen molar-refractivity contribution in [2.24, 2.45) is 0 Å². The van der Waals surface area contributed by atoms with Crippen LogP contribution in [-0.4, -0.2) is 60.2 Å². The number of nitrogens with one attached hydrogen (secondary N) is 1. The molecule has 0 aromatic rings. The maximum absolute atomic E-state index is 11.9. The van der Waals surface area contributed by atoms with Crippen LogP contribution in [0.5, 0.6) is 0 Å². The molecule has 0 aromatic heterocycles. The molecule has 0 saturated carbocycles. The first-order valence-electron chi connectivity index (χ1n) is 6.84. The van der Waals surface area contributed by atoms with Gasteiger partial charge in [0.15, 0.2) is 0 Å². The highest BCUT2D eigenvalue weighted by Gasteiger charge is 2.23. The fraction of sp³-hybridized carbons (Fsp3) is 0.769. The van der Waals surface area contributed by atoms with Crippen LogP contribution in [0.4, 0.5) is 0 Å². The Bertz CT molecular complexity index is 336. The molecule has 0 aromatic carbocycles. The second-order valence-electron chi connectivity index (χ2n) is 4.77. The van der Waals surface area contributed by atoms with E-state index in [-0.39, 0.29) is 24.1 Å². The monoisotopic (exact) mass is 269 g/mol. The van der Waals surface area contributed by atoms with Gasteiger partial charge in [-0.1, -0.05) is 13.3 Å². The van der Waals surface area contributed by atoms with Gasteiger partial charge in [-0.2, -0.15) is 0 Å². The second-order valence-corrected chi connectivity index (χ2v) is 4.77. The first kappa shape index (κ1) is 15.5. The van der Waals surface area contributed by atoms with E-state index in [1.54, 1.807) is 9.80 Å². The maximum atomic E-state index is 11.9. The Morgan fingerprint density at radius 3 is 2.16 bits per heavy atom. The van der Waals surface area contributed by atoms with Gasteiger partial charge in [-0.15, -0.1) is 0 Å². The Hall–Kier alpha value is -1.59. The zero-order chi connectivity index (χ0) is 14.3. The molecule has 0 unspecified atom stereocenters. The molecule has 0 bridgehead atoms.